The minimum Gasteiger partial charge on any atom is -0.477 e. The zero-order valence-corrected chi connectivity index (χ0v) is 11.2. The molecule has 0 bridgehead atoms. The maximum absolute atomic E-state index is 11.1. The molecule has 108 valence electrons. The Hall–Kier alpha value is -3.28. The van der Waals surface area contributed by atoms with Crippen LogP contribution in [0.5, 0.6) is 0 Å². The second-order valence-electron chi connectivity index (χ2n) is 5.13. The molecule has 4 aromatic rings. The molecule has 0 atom stereocenters. The molecule has 0 radical (unpaired) electrons. The Morgan fingerprint density at radius 2 is 1.23 bits per heavy atom. The highest BCUT2D eigenvalue weighted by Crippen LogP contribution is 2.33. The van der Waals surface area contributed by atoms with Crippen molar-refractivity contribution in [3.05, 3.63) is 47.8 Å². The van der Waals surface area contributed by atoms with E-state index in [4.69, 9.17) is 10.2 Å². The fourth-order valence-corrected chi connectivity index (χ4v) is 2.87. The van der Waals surface area contributed by atoms with Gasteiger partial charge in [-0.25, -0.2) is 9.59 Å². The quantitative estimate of drug-likeness (QED) is 0.455. The van der Waals surface area contributed by atoms with E-state index in [1.807, 2.05) is 24.3 Å². The number of hydrogen-bond donors (Lipinski definition) is 4. The summed E-state index contributed by atoms with van der Waals surface area (Å²) < 4.78 is 0. The number of benzene rings is 2. The van der Waals surface area contributed by atoms with Gasteiger partial charge in [-0.3, -0.25) is 0 Å². The molecule has 2 aromatic carbocycles. The first-order valence-electron chi connectivity index (χ1n) is 6.58. The highest BCUT2D eigenvalue weighted by molar-refractivity contribution is 6.21. The molecule has 0 saturated heterocycles. The molecule has 0 fully saturated rings. The minimum absolute atomic E-state index is 0.105. The smallest absolute Gasteiger partial charge is 0.352 e. The molecule has 0 aliphatic rings. The van der Waals surface area contributed by atoms with Gasteiger partial charge in [0.1, 0.15) is 11.4 Å². The number of fused-ring (bicyclic) bond motifs is 5. The summed E-state index contributed by atoms with van der Waals surface area (Å²) in [7, 11) is 0. The molecule has 6 nitrogen and oxygen atoms in total. The van der Waals surface area contributed by atoms with Crippen LogP contribution in [0.1, 0.15) is 21.0 Å². The van der Waals surface area contributed by atoms with Crippen molar-refractivity contribution < 1.29 is 19.8 Å². The van der Waals surface area contributed by atoms with Crippen LogP contribution in [-0.2, 0) is 0 Å². The van der Waals surface area contributed by atoms with Gasteiger partial charge in [-0.2, -0.15) is 0 Å². The molecule has 0 amide bonds. The number of nitrogens with one attached hydrogen (secondary N) is 2. The third-order valence-electron chi connectivity index (χ3n) is 3.84. The maximum Gasteiger partial charge on any atom is 0.352 e. The van der Waals surface area contributed by atoms with Crippen molar-refractivity contribution in [3.8, 4) is 0 Å². The van der Waals surface area contributed by atoms with Gasteiger partial charge in [0.25, 0.3) is 0 Å². The van der Waals surface area contributed by atoms with Crippen LogP contribution in [0, 0.1) is 0 Å². The molecular formula is C16H10N2O4. The Labute approximate surface area is 123 Å². The maximum atomic E-state index is 11.1. The van der Waals surface area contributed by atoms with Gasteiger partial charge in [0.05, 0.1) is 0 Å². The second-order valence-corrected chi connectivity index (χ2v) is 5.13. The normalized spacial score (nSPS) is 11.5. The Kier molecular flexibility index (Phi) is 2.33. The number of hydrogen-bond acceptors (Lipinski definition) is 2. The predicted molar refractivity (Wildman–Crippen MR) is 81.6 cm³/mol. The van der Waals surface area contributed by atoms with Gasteiger partial charge in [-0.15, -0.1) is 0 Å². The summed E-state index contributed by atoms with van der Waals surface area (Å²) in [5.41, 5.74) is 1.62. The first-order valence-corrected chi connectivity index (χ1v) is 6.58. The van der Waals surface area contributed by atoms with E-state index in [0.717, 1.165) is 21.5 Å². The molecule has 4 rings (SSSR count). The Bertz CT molecular complexity index is 1000. The van der Waals surface area contributed by atoms with Crippen LogP contribution >= 0.6 is 0 Å². The van der Waals surface area contributed by atoms with Crippen LogP contribution < -0.4 is 0 Å². The minimum atomic E-state index is -1.03. The van der Waals surface area contributed by atoms with Gasteiger partial charge in [-0.05, 0) is 29.7 Å². The third-order valence-corrected chi connectivity index (χ3v) is 3.84. The van der Waals surface area contributed by atoms with Crippen molar-refractivity contribution >= 4 is 44.5 Å². The number of carboxylic acid groups (broad SMARTS) is 2. The highest BCUT2D eigenvalue weighted by atomic mass is 16.4. The molecule has 2 heterocycles. The first kappa shape index (κ1) is 12.5. The van der Waals surface area contributed by atoms with E-state index in [-0.39, 0.29) is 11.4 Å². The van der Waals surface area contributed by atoms with Crippen molar-refractivity contribution in [2.75, 3.05) is 0 Å². The molecule has 0 aliphatic carbocycles. The summed E-state index contributed by atoms with van der Waals surface area (Å²) in [6, 6.07) is 10.6. The Morgan fingerprint density at radius 1 is 0.773 bits per heavy atom. The highest BCUT2D eigenvalue weighted by Gasteiger charge is 2.14. The number of H-pyrrole nitrogens is 2. The molecule has 0 saturated carbocycles. The molecular weight excluding hydrogens is 284 g/mol. The molecule has 2 aromatic heterocycles. The summed E-state index contributed by atoms with van der Waals surface area (Å²) in [6.07, 6.45) is 0. The van der Waals surface area contributed by atoms with Crippen LogP contribution in [0.25, 0.3) is 32.6 Å². The largest absolute Gasteiger partial charge is 0.477 e. The number of rotatable bonds is 2. The van der Waals surface area contributed by atoms with E-state index < -0.39 is 11.9 Å². The van der Waals surface area contributed by atoms with Gasteiger partial charge in [0.15, 0.2) is 0 Å². The van der Waals surface area contributed by atoms with Crippen LogP contribution in [-0.4, -0.2) is 32.1 Å². The van der Waals surface area contributed by atoms with E-state index in [0.29, 0.717) is 11.0 Å². The molecule has 0 spiro atoms. The van der Waals surface area contributed by atoms with E-state index in [1.165, 1.54) is 0 Å². The lowest BCUT2D eigenvalue weighted by atomic mass is 10.0. The Balaban J connectivity index is 2.19. The van der Waals surface area contributed by atoms with Crippen LogP contribution in [0.4, 0.5) is 0 Å². The van der Waals surface area contributed by atoms with Crippen molar-refractivity contribution in [3.63, 3.8) is 0 Å². The van der Waals surface area contributed by atoms with Crippen LogP contribution in [0.2, 0.25) is 0 Å². The lowest BCUT2D eigenvalue weighted by Crippen LogP contribution is -1.94. The number of aromatic amines is 2. The van der Waals surface area contributed by atoms with Gasteiger partial charge < -0.3 is 20.2 Å². The van der Waals surface area contributed by atoms with Crippen LogP contribution in [0.15, 0.2) is 36.4 Å². The van der Waals surface area contributed by atoms with E-state index in [1.54, 1.807) is 12.1 Å². The zero-order valence-electron chi connectivity index (χ0n) is 11.2. The molecule has 0 aliphatic heterocycles. The standard InChI is InChI=1S/C16H10N2O4/c19-15(20)12-5-8-10(17-12)3-1-7-2-4-11-9(14(7)8)6-13(18-11)16(21)22/h1-6,17-18H,(H,19,20)(H,21,22). The van der Waals surface area contributed by atoms with E-state index in [2.05, 4.69) is 9.97 Å². The molecule has 4 N–H and O–H groups in total. The first-order chi connectivity index (χ1) is 10.5. The van der Waals surface area contributed by atoms with Gasteiger partial charge >= 0.3 is 11.9 Å². The lowest BCUT2D eigenvalue weighted by molar-refractivity contribution is 0.0681. The fourth-order valence-electron chi connectivity index (χ4n) is 2.87. The van der Waals surface area contributed by atoms with Crippen LogP contribution in [0.3, 0.4) is 0 Å². The summed E-state index contributed by atoms with van der Waals surface area (Å²) >= 11 is 0. The Morgan fingerprint density at radius 3 is 1.64 bits per heavy atom. The van der Waals surface area contributed by atoms with Crippen molar-refractivity contribution in [1.82, 2.24) is 9.97 Å². The number of carbonyl (C=O) groups is 2. The van der Waals surface area contributed by atoms with Crippen molar-refractivity contribution in [1.29, 1.82) is 0 Å². The van der Waals surface area contributed by atoms with E-state index >= 15 is 0 Å². The third kappa shape index (κ3) is 1.61. The number of carboxylic acids is 2. The molecule has 0 unspecified atom stereocenters. The summed E-state index contributed by atoms with van der Waals surface area (Å²) in [5, 5.41) is 21.5. The fraction of sp³-hybridized carbons (Fsp3) is 0. The monoisotopic (exact) mass is 294 g/mol. The summed E-state index contributed by atoms with van der Waals surface area (Å²) in [4.78, 5) is 28.0. The van der Waals surface area contributed by atoms with Gasteiger partial charge in [0, 0.05) is 27.2 Å². The van der Waals surface area contributed by atoms with Crippen molar-refractivity contribution in [2.45, 2.75) is 0 Å². The second kappa shape index (κ2) is 4.11. The predicted octanol–water partition coefficient (Wildman–Crippen LogP) is 3.20. The molecule has 22 heavy (non-hydrogen) atoms. The average Bonchev–Trinajstić information content (AvgIpc) is 3.10. The summed E-state index contributed by atoms with van der Waals surface area (Å²) in [5.74, 6) is -2.06. The van der Waals surface area contributed by atoms with Gasteiger partial charge in [0.2, 0.25) is 0 Å². The number of aromatic carboxylic acids is 2. The van der Waals surface area contributed by atoms with E-state index in [9.17, 15) is 9.59 Å². The summed E-state index contributed by atoms with van der Waals surface area (Å²) in [6.45, 7) is 0. The molecule has 6 heteroatoms. The average molecular weight is 294 g/mol. The number of aromatic nitrogens is 2. The van der Waals surface area contributed by atoms with Gasteiger partial charge in [-0.1, -0.05) is 12.1 Å². The topological polar surface area (TPSA) is 106 Å². The van der Waals surface area contributed by atoms with Crippen molar-refractivity contribution in [2.24, 2.45) is 0 Å². The lowest BCUT2D eigenvalue weighted by Gasteiger charge is -2.01. The SMILES string of the molecule is O=C(O)c1cc2c(ccc3ccc4[nH]c(C(=O)O)cc4c32)[nH]1. The zero-order chi connectivity index (χ0) is 15.4.